The maximum absolute atomic E-state index is 13.7. The van der Waals surface area contributed by atoms with Crippen molar-refractivity contribution in [3.8, 4) is 0 Å². The number of carbonyl (C=O) groups excluding carboxylic acids is 3. The Hall–Kier alpha value is -2.60. The highest BCUT2D eigenvalue weighted by Crippen LogP contribution is 2.64. The van der Waals surface area contributed by atoms with Gasteiger partial charge >= 0.3 is 42.6 Å². The summed E-state index contributed by atoms with van der Waals surface area (Å²) < 4.78 is 208. The van der Waals surface area contributed by atoms with E-state index in [0.717, 1.165) is 6.42 Å². The van der Waals surface area contributed by atoms with Crippen LogP contribution in [-0.4, -0.2) is 100 Å². The van der Waals surface area contributed by atoms with Crippen LogP contribution in [0, 0.1) is 39.9 Å². The van der Waals surface area contributed by atoms with E-state index in [9.17, 15) is 85.7 Å². The van der Waals surface area contributed by atoms with E-state index in [1.807, 2.05) is 6.92 Å². The Morgan fingerprint density at radius 2 is 1.08 bits per heavy atom. The molecule has 5 aliphatic rings. The largest absolute Gasteiger partial charge is 0.462 e. The number of alkyl halides is 12. The monoisotopic (exact) mass is 960 g/mol. The summed E-state index contributed by atoms with van der Waals surface area (Å²) in [6.45, 7) is 10.3. The van der Waals surface area contributed by atoms with Crippen molar-refractivity contribution in [1.82, 2.24) is 0 Å². The van der Waals surface area contributed by atoms with E-state index in [2.05, 4.69) is 0 Å². The fraction of sp³-hybridized carbons (Fsp3) is 0.923. The molecule has 0 aliphatic heterocycles. The van der Waals surface area contributed by atoms with E-state index in [1.54, 1.807) is 20.8 Å². The third kappa shape index (κ3) is 11.3. The van der Waals surface area contributed by atoms with E-state index >= 15 is 0 Å². The molecule has 24 heteroatoms. The van der Waals surface area contributed by atoms with E-state index in [-0.39, 0.29) is 31.6 Å². The summed E-state index contributed by atoms with van der Waals surface area (Å²) in [4.78, 5) is 38.2. The molecule has 0 spiro atoms. The van der Waals surface area contributed by atoms with Gasteiger partial charge in [-0.2, -0.15) is 61.1 Å². The molecule has 5 rings (SSSR count). The second kappa shape index (κ2) is 17.2. The van der Waals surface area contributed by atoms with Gasteiger partial charge < -0.3 is 24.4 Å². The van der Waals surface area contributed by atoms with Crippen LogP contribution >= 0.6 is 0 Å². The fourth-order valence-electron chi connectivity index (χ4n) is 9.32. The molecule has 63 heavy (non-hydrogen) atoms. The molecule has 0 radical (unpaired) electrons. The summed E-state index contributed by atoms with van der Waals surface area (Å²) in [5.74, 6) is -9.42. The average Bonchev–Trinajstić information content (AvgIpc) is 3.07. The van der Waals surface area contributed by atoms with Crippen molar-refractivity contribution in [2.24, 2.45) is 39.9 Å². The molecule has 3 N–H and O–H groups in total. The summed E-state index contributed by atoms with van der Waals surface area (Å²) in [6.07, 6.45) is -25.2. The lowest BCUT2D eigenvalue weighted by Gasteiger charge is -2.60. The molecule has 0 aromatic heterocycles. The van der Waals surface area contributed by atoms with Crippen LogP contribution in [0.2, 0.25) is 0 Å². The third-order valence-corrected chi connectivity index (χ3v) is 14.7. The second-order valence-electron chi connectivity index (χ2n) is 19.7. The number of aliphatic hydroxyl groups is 2. The summed E-state index contributed by atoms with van der Waals surface area (Å²) in [6, 6.07) is 0. The van der Waals surface area contributed by atoms with Crippen LogP contribution in [0.15, 0.2) is 0 Å². The molecule has 11 nitrogen and oxygen atoms in total. The van der Waals surface area contributed by atoms with Crippen molar-refractivity contribution in [2.75, 3.05) is 5.75 Å². The highest BCUT2D eigenvalue weighted by molar-refractivity contribution is 7.85. The van der Waals surface area contributed by atoms with Gasteiger partial charge in [-0.05, 0) is 118 Å². The van der Waals surface area contributed by atoms with Gasteiger partial charge in [0.1, 0.15) is 17.5 Å². The van der Waals surface area contributed by atoms with Crippen molar-refractivity contribution in [3.05, 3.63) is 0 Å². The van der Waals surface area contributed by atoms with E-state index in [1.165, 1.54) is 13.8 Å². The Balaban J connectivity index is 0.000000336. The SMILES string of the molecule is CCC(C)(C)C(=O)OC12CC3CC(C1)CC(C(=O)OC(C)(CS(=O)(=O)O)C(F)(F)F)(C3)C2.CCC(C)(C)C(=O)OC1CC(C(C)(O)C(F)(F)F)CC(C(O)(C(F)(F)F)C(F)(F)F)C1. The molecule has 0 saturated heterocycles. The van der Waals surface area contributed by atoms with Crippen molar-refractivity contribution in [1.29, 1.82) is 0 Å². The third-order valence-electron chi connectivity index (χ3n) is 13.8. The van der Waals surface area contributed by atoms with Crippen molar-refractivity contribution < 1.29 is 104 Å². The molecule has 5 aliphatic carbocycles. The molecule has 7 unspecified atom stereocenters. The summed E-state index contributed by atoms with van der Waals surface area (Å²) in [7, 11) is -5.08. The molecule has 4 bridgehead atoms. The number of carbonyl (C=O) groups is 3. The van der Waals surface area contributed by atoms with Gasteiger partial charge in [0.15, 0.2) is 5.60 Å². The maximum Gasteiger partial charge on any atom is 0.429 e. The molecule has 0 aromatic carbocycles. The van der Waals surface area contributed by atoms with Gasteiger partial charge in [0.25, 0.3) is 15.7 Å². The second-order valence-corrected chi connectivity index (χ2v) is 21.1. The zero-order chi connectivity index (χ0) is 49.2. The summed E-state index contributed by atoms with van der Waals surface area (Å²) in [5.41, 5.74) is -16.6. The molecular formula is C39H56F12O11S. The zero-order valence-electron chi connectivity index (χ0n) is 35.9. The van der Waals surface area contributed by atoms with Gasteiger partial charge in [0.2, 0.25) is 5.60 Å². The smallest absolute Gasteiger partial charge is 0.429 e. The standard InChI is InChI=1S/C21H31F3O7S.C18H25F9O4/c1-5-17(2,3)15(25)31-20-9-13-6-14(10-20)8-19(7-13,11-20)16(26)30-18(4,21(22,23)24)12-32(27,28)29;1-5-13(2,3)12(28)31-11-7-9(14(4,29)16(19,20)21)6-10(8-11)15(30,17(22,23)24)18(25,26)27/h13-14H,5-12H2,1-4H3,(H,27,28,29);9-11,29-30H,5-8H2,1-4H3. The van der Waals surface area contributed by atoms with Gasteiger partial charge in [-0.1, -0.05) is 13.8 Å². The van der Waals surface area contributed by atoms with Crippen LogP contribution in [0.25, 0.3) is 0 Å². The quantitative estimate of drug-likeness (QED) is 0.0738. The zero-order valence-corrected chi connectivity index (χ0v) is 36.7. The molecule has 0 heterocycles. The Kier molecular flexibility index (Phi) is 15.0. The molecule has 5 saturated carbocycles. The van der Waals surface area contributed by atoms with Gasteiger partial charge in [-0.3, -0.25) is 18.9 Å². The number of esters is 3. The first kappa shape index (κ1) is 54.7. The molecule has 0 aromatic rings. The summed E-state index contributed by atoms with van der Waals surface area (Å²) >= 11 is 0. The fourth-order valence-corrected chi connectivity index (χ4v) is 10.2. The van der Waals surface area contributed by atoms with E-state index < -0.39 is 134 Å². The average molecular weight is 961 g/mol. The molecular weight excluding hydrogens is 904 g/mol. The molecule has 5 fully saturated rings. The lowest BCUT2D eigenvalue weighted by molar-refractivity contribution is -0.391. The predicted octanol–water partition coefficient (Wildman–Crippen LogP) is 8.98. The van der Waals surface area contributed by atoms with Crippen molar-refractivity contribution in [2.45, 2.75) is 179 Å². The first-order chi connectivity index (χ1) is 27.9. The highest BCUT2D eigenvalue weighted by atomic mass is 32.2. The van der Waals surface area contributed by atoms with Crippen LogP contribution < -0.4 is 0 Å². The Morgan fingerprint density at radius 3 is 1.48 bits per heavy atom. The molecule has 0 amide bonds. The Labute approximate surface area is 357 Å². The van der Waals surface area contributed by atoms with Crippen LogP contribution in [-0.2, 0) is 38.7 Å². The first-order valence-corrected chi connectivity index (χ1v) is 21.8. The van der Waals surface area contributed by atoms with Crippen molar-refractivity contribution in [3.63, 3.8) is 0 Å². The topological polar surface area (TPSA) is 174 Å². The van der Waals surface area contributed by atoms with Gasteiger partial charge in [0.05, 0.1) is 16.2 Å². The number of hydrogen-bond acceptors (Lipinski definition) is 10. The number of hydrogen-bond donors (Lipinski definition) is 3. The number of rotatable bonds is 12. The van der Waals surface area contributed by atoms with Crippen LogP contribution in [0.3, 0.4) is 0 Å². The normalized spacial score (nSPS) is 30.3. The van der Waals surface area contributed by atoms with E-state index in [0.29, 0.717) is 39.0 Å². The highest BCUT2D eigenvalue weighted by Gasteiger charge is 2.75. The van der Waals surface area contributed by atoms with Crippen LogP contribution in [0.1, 0.15) is 126 Å². The number of ether oxygens (including phenoxy) is 3. The van der Waals surface area contributed by atoms with Gasteiger partial charge in [0, 0.05) is 18.3 Å². The lowest BCUT2D eigenvalue weighted by atomic mass is 9.48. The molecule has 368 valence electrons. The van der Waals surface area contributed by atoms with E-state index in [4.69, 9.17) is 18.8 Å². The predicted molar refractivity (Wildman–Crippen MR) is 195 cm³/mol. The maximum atomic E-state index is 13.7. The van der Waals surface area contributed by atoms with Gasteiger partial charge in [-0.25, -0.2) is 0 Å². The number of halogens is 12. The van der Waals surface area contributed by atoms with Crippen LogP contribution in [0.5, 0.6) is 0 Å². The molecule has 7 atom stereocenters. The lowest BCUT2D eigenvalue weighted by Crippen LogP contribution is -2.64. The minimum absolute atomic E-state index is 0.0000519. The minimum atomic E-state index is -6.28. The Bertz CT molecular complexity index is 1780. The first-order valence-electron chi connectivity index (χ1n) is 20.2. The Morgan fingerprint density at radius 1 is 0.635 bits per heavy atom. The van der Waals surface area contributed by atoms with Crippen molar-refractivity contribution >= 4 is 28.0 Å². The summed E-state index contributed by atoms with van der Waals surface area (Å²) in [5, 5.41) is 19.6. The van der Waals surface area contributed by atoms with Gasteiger partial charge in [-0.15, -0.1) is 0 Å². The van der Waals surface area contributed by atoms with Crippen LogP contribution in [0.4, 0.5) is 52.7 Å². The minimum Gasteiger partial charge on any atom is -0.462 e.